The molecule has 6 heteroatoms. The van der Waals surface area contributed by atoms with E-state index < -0.39 is 10.7 Å². The van der Waals surface area contributed by atoms with Crippen LogP contribution in [-0.2, 0) is 0 Å². The smallest absolute Gasteiger partial charge is 0.310 e. The molecular formula is C16H11NO5. The Bertz CT molecular complexity index is 810. The van der Waals surface area contributed by atoms with Crippen LogP contribution in [-0.4, -0.2) is 22.4 Å². The van der Waals surface area contributed by atoms with Crippen molar-refractivity contribution in [1.29, 1.82) is 0 Å². The highest BCUT2D eigenvalue weighted by atomic mass is 16.6. The number of carbonyl (C=O) groups is 1. The summed E-state index contributed by atoms with van der Waals surface area (Å²) in [4.78, 5) is 22.4. The molecule has 0 saturated carbocycles. The van der Waals surface area contributed by atoms with Crippen molar-refractivity contribution < 1.29 is 19.6 Å². The molecule has 0 aliphatic carbocycles. The summed E-state index contributed by atoms with van der Waals surface area (Å²) in [6.07, 6.45) is 1.56. The number of nitro benzene ring substituents is 1. The van der Waals surface area contributed by atoms with Crippen LogP contribution in [0.2, 0.25) is 0 Å². The van der Waals surface area contributed by atoms with Gasteiger partial charge in [0, 0.05) is 11.6 Å². The maximum Gasteiger partial charge on any atom is 0.310 e. The van der Waals surface area contributed by atoms with Gasteiger partial charge in [0.1, 0.15) is 12.4 Å². The second-order valence-corrected chi connectivity index (χ2v) is 4.79. The second-order valence-electron chi connectivity index (χ2n) is 4.79. The standard InChI is InChI=1S/C16H11NO5/c18-14-8-10(5-6-13(14)17(20)21)7-11-9-22-15-4-2-1-3-12(15)16(11)19/h1-8,18H,9H2. The summed E-state index contributed by atoms with van der Waals surface area (Å²) < 4.78 is 5.51. The highest BCUT2D eigenvalue weighted by Gasteiger charge is 2.23. The number of nitrogens with zero attached hydrogens (tertiary/aromatic N) is 1. The lowest BCUT2D eigenvalue weighted by Gasteiger charge is -2.18. The third-order valence-corrected chi connectivity index (χ3v) is 3.34. The predicted molar refractivity (Wildman–Crippen MR) is 79.0 cm³/mol. The van der Waals surface area contributed by atoms with E-state index in [-0.39, 0.29) is 18.1 Å². The van der Waals surface area contributed by atoms with Gasteiger partial charge < -0.3 is 9.84 Å². The first kappa shape index (κ1) is 13.8. The maximum absolute atomic E-state index is 12.4. The van der Waals surface area contributed by atoms with Crippen molar-refractivity contribution >= 4 is 17.5 Å². The van der Waals surface area contributed by atoms with Crippen LogP contribution >= 0.6 is 0 Å². The number of hydrogen-bond donors (Lipinski definition) is 1. The Morgan fingerprint density at radius 3 is 2.73 bits per heavy atom. The van der Waals surface area contributed by atoms with Crippen molar-refractivity contribution in [2.75, 3.05) is 6.61 Å². The largest absolute Gasteiger partial charge is 0.502 e. The monoisotopic (exact) mass is 297 g/mol. The lowest BCUT2D eigenvalue weighted by Crippen LogP contribution is -2.18. The molecule has 0 aromatic heterocycles. The van der Waals surface area contributed by atoms with E-state index in [2.05, 4.69) is 0 Å². The number of para-hydroxylation sites is 1. The molecule has 0 amide bonds. The lowest BCUT2D eigenvalue weighted by atomic mass is 9.98. The fraction of sp³-hybridized carbons (Fsp3) is 0.0625. The third-order valence-electron chi connectivity index (χ3n) is 3.34. The number of Topliss-reactive ketones (excluding diaryl/α,β-unsaturated/α-hetero) is 1. The van der Waals surface area contributed by atoms with E-state index in [9.17, 15) is 20.0 Å². The number of rotatable bonds is 2. The first-order chi connectivity index (χ1) is 10.6. The Morgan fingerprint density at radius 2 is 2.00 bits per heavy atom. The molecule has 1 heterocycles. The number of carbonyl (C=O) groups excluding carboxylic acids is 1. The van der Waals surface area contributed by atoms with Crippen molar-refractivity contribution in [3.05, 3.63) is 69.3 Å². The molecule has 22 heavy (non-hydrogen) atoms. The van der Waals surface area contributed by atoms with Crippen LogP contribution in [0.25, 0.3) is 6.08 Å². The van der Waals surface area contributed by atoms with Gasteiger partial charge in [-0.25, -0.2) is 0 Å². The zero-order chi connectivity index (χ0) is 15.7. The molecule has 2 aromatic rings. The number of fused-ring (bicyclic) bond motifs is 1. The van der Waals surface area contributed by atoms with Gasteiger partial charge in [-0.15, -0.1) is 0 Å². The van der Waals surface area contributed by atoms with Crippen LogP contribution in [0, 0.1) is 10.1 Å². The molecule has 110 valence electrons. The average Bonchev–Trinajstić information content (AvgIpc) is 2.50. The second kappa shape index (κ2) is 5.33. The fourth-order valence-electron chi connectivity index (χ4n) is 2.27. The first-order valence-electron chi connectivity index (χ1n) is 6.51. The van der Waals surface area contributed by atoms with Gasteiger partial charge in [-0.05, 0) is 35.9 Å². The Kier molecular flexibility index (Phi) is 3.34. The van der Waals surface area contributed by atoms with Crippen LogP contribution in [0.5, 0.6) is 11.5 Å². The summed E-state index contributed by atoms with van der Waals surface area (Å²) in [6.45, 7) is 0.119. The number of hydrogen-bond acceptors (Lipinski definition) is 5. The highest BCUT2D eigenvalue weighted by molar-refractivity contribution is 6.14. The minimum Gasteiger partial charge on any atom is -0.502 e. The minimum atomic E-state index is -0.669. The third kappa shape index (κ3) is 2.42. The molecule has 0 unspecified atom stereocenters. The van der Waals surface area contributed by atoms with E-state index in [4.69, 9.17) is 4.74 Å². The van der Waals surface area contributed by atoms with Crippen LogP contribution in [0.4, 0.5) is 5.69 Å². The molecular weight excluding hydrogens is 286 g/mol. The minimum absolute atomic E-state index is 0.119. The van der Waals surface area contributed by atoms with Gasteiger partial charge in [-0.2, -0.15) is 0 Å². The summed E-state index contributed by atoms with van der Waals surface area (Å²) in [5, 5.41) is 20.3. The Labute approximate surface area is 125 Å². The predicted octanol–water partition coefficient (Wildman–Crippen LogP) is 2.96. The number of phenolic OH excluding ortho intramolecular Hbond substituents is 1. The van der Waals surface area contributed by atoms with Crippen LogP contribution in [0.1, 0.15) is 15.9 Å². The van der Waals surface area contributed by atoms with E-state index in [1.54, 1.807) is 30.3 Å². The van der Waals surface area contributed by atoms with Crippen LogP contribution < -0.4 is 4.74 Å². The number of aromatic hydroxyl groups is 1. The van der Waals surface area contributed by atoms with Gasteiger partial charge >= 0.3 is 5.69 Å². The van der Waals surface area contributed by atoms with Crippen molar-refractivity contribution in [1.82, 2.24) is 0 Å². The summed E-state index contributed by atoms with van der Waals surface area (Å²) in [5.74, 6) is -0.0557. The Morgan fingerprint density at radius 1 is 1.23 bits per heavy atom. The molecule has 0 atom stereocenters. The van der Waals surface area contributed by atoms with Crippen LogP contribution in [0.15, 0.2) is 48.0 Å². The maximum atomic E-state index is 12.4. The first-order valence-corrected chi connectivity index (χ1v) is 6.51. The average molecular weight is 297 g/mol. The molecule has 0 spiro atoms. The van der Waals surface area contributed by atoms with E-state index in [1.165, 1.54) is 18.2 Å². The number of phenols is 1. The van der Waals surface area contributed by atoms with E-state index >= 15 is 0 Å². The number of ketones is 1. The SMILES string of the molecule is O=C1C(=Cc2ccc([N+](=O)[O-])c(O)c2)COc2ccccc21. The summed E-state index contributed by atoms with van der Waals surface area (Å²) in [7, 11) is 0. The molecule has 0 bridgehead atoms. The van der Waals surface area contributed by atoms with Gasteiger partial charge in [0.2, 0.25) is 0 Å². The molecule has 1 aliphatic heterocycles. The quantitative estimate of drug-likeness (QED) is 0.523. The van der Waals surface area contributed by atoms with Gasteiger partial charge in [0.25, 0.3) is 0 Å². The zero-order valence-electron chi connectivity index (χ0n) is 11.4. The van der Waals surface area contributed by atoms with E-state index in [0.29, 0.717) is 22.4 Å². The van der Waals surface area contributed by atoms with Gasteiger partial charge in [-0.1, -0.05) is 12.1 Å². The summed E-state index contributed by atoms with van der Waals surface area (Å²) >= 11 is 0. The van der Waals surface area contributed by atoms with Crippen LogP contribution in [0.3, 0.4) is 0 Å². The van der Waals surface area contributed by atoms with Crippen molar-refractivity contribution in [3.8, 4) is 11.5 Å². The molecule has 0 fully saturated rings. The molecule has 0 saturated heterocycles. The zero-order valence-corrected chi connectivity index (χ0v) is 11.4. The van der Waals surface area contributed by atoms with E-state index in [0.717, 1.165) is 0 Å². The normalized spacial score (nSPS) is 15.3. The Balaban J connectivity index is 1.95. The summed E-state index contributed by atoms with van der Waals surface area (Å²) in [5.41, 5.74) is 1.02. The molecule has 1 N–H and O–H groups in total. The van der Waals surface area contributed by atoms with Gasteiger partial charge in [0.15, 0.2) is 11.5 Å². The Hall–Kier alpha value is -3.15. The molecule has 0 radical (unpaired) electrons. The van der Waals surface area contributed by atoms with Crippen molar-refractivity contribution in [3.63, 3.8) is 0 Å². The fourth-order valence-corrected chi connectivity index (χ4v) is 2.27. The molecule has 1 aliphatic rings. The van der Waals surface area contributed by atoms with Crippen molar-refractivity contribution in [2.24, 2.45) is 0 Å². The molecule has 6 nitrogen and oxygen atoms in total. The lowest BCUT2D eigenvalue weighted by molar-refractivity contribution is -0.385. The van der Waals surface area contributed by atoms with E-state index in [1.807, 2.05) is 0 Å². The summed E-state index contributed by atoms with van der Waals surface area (Å²) in [6, 6.07) is 10.9. The van der Waals surface area contributed by atoms with Crippen molar-refractivity contribution in [2.45, 2.75) is 0 Å². The topological polar surface area (TPSA) is 89.7 Å². The molecule has 2 aromatic carbocycles. The molecule has 3 rings (SSSR count). The highest BCUT2D eigenvalue weighted by Crippen LogP contribution is 2.30. The number of nitro groups is 1. The number of benzene rings is 2. The van der Waals surface area contributed by atoms with Gasteiger partial charge in [0.05, 0.1) is 10.5 Å². The number of ether oxygens (including phenoxy) is 1. The van der Waals surface area contributed by atoms with Gasteiger partial charge in [-0.3, -0.25) is 14.9 Å².